The van der Waals surface area contributed by atoms with E-state index >= 15 is 0 Å². The fraction of sp³-hybridized carbons (Fsp3) is 0. The summed E-state index contributed by atoms with van der Waals surface area (Å²) in [7, 11) is 0. The van der Waals surface area contributed by atoms with Crippen LogP contribution in [0.15, 0.2) is 0 Å². The van der Waals surface area contributed by atoms with Gasteiger partial charge < -0.3 is 10.7 Å². The molecule has 7 heavy (non-hydrogen) atoms. The third kappa shape index (κ3) is 62.2. The zero-order valence-corrected chi connectivity index (χ0v) is 2.21. The Balaban J connectivity index is -0.0000000150. The molecule has 0 rings (SSSR count). The molecule has 0 aromatic heterocycles. The summed E-state index contributed by atoms with van der Waals surface area (Å²) < 4.78 is 0. The average Bonchev–Trinajstić information content (AvgIpc) is 0.811. The second-order valence-electron chi connectivity index (χ2n) is 0.238. The van der Waals surface area contributed by atoms with Crippen LogP contribution in [0.4, 0.5) is 0 Å². The minimum absolute atomic E-state index is 0. The fourth-order valence-electron chi connectivity index (χ4n) is 0. The molecule has 3 N–H and O–H groups in total. The summed E-state index contributed by atoms with van der Waals surface area (Å²) in [5.41, 5.74) is 0. The van der Waals surface area contributed by atoms with Crippen LogP contribution in [0.25, 0.3) is 0 Å². The third-order valence-corrected chi connectivity index (χ3v) is 0. The van der Waals surface area contributed by atoms with E-state index in [0.29, 0.717) is 0 Å². The van der Waals surface area contributed by atoms with Crippen molar-refractivity contribution in [2.75, 3.05) is 0 Å². The van der Waals surface area contributed by atoms with Gasteiger partial charge in [0.05, 0.1) is 0 Å². The molecule has 0 saturated carbocycles. The number of hydrogen-bond acceptors (Lipinski definition) is 2. The SMILES string of the molecule is O.O=[N+]([O-])O.[BaH2].[BaH2]. The molecule has 0 fully saturated rings. The van der Waals surface area contributed by atoms with Gasteiger partial charge in [-0.1, -0.05) is 0 Å². The molecule has 0 atom stereocenters. The summed E-state index contributed by atoms with van der Waals surface area (Å²) in [5, 5.41) is 13.6. The van der Waals surface area contributed by atoms with Gasteiger partial charge in [0.1, 0.15) is 0 Å². The van der Waals surface area contributed by atoms with E-state index in [1.54, 1.807) is 0 Å². The van der Waals surface area contributed by atoms with Crippen LogP contribution >= 0.6 is 0 Å². The van der Waals surface area contributed by atoms with Crippen molar-refractivity contribution in [1.82, 2.24) is 0 Å². The summed E-state index contributed by atoms with van der Waals surface area (Å²) in [6.07, 6.45) is 0. The summed E-state index contributed by atoms with van der Waals surface area (Å²) in [6, 6.07) is 0. The van der Waals surface area contributed by atoms with E-state index in [4.69, 9.17) is 15.3 Å². The number of rotatable bonds is 0. The number of hydrogen-bond donors (Lipinski definition) is 1. The van der Waals surface area contributed by atoms with Gasteiger partial charge in [-0.2, -0.15) is 0 Å². The zero-order valence-electron chi connectivity index (χ0n) is 2.21. The first kappa shape index (κ1) is 22.8. The van der Waals surface area contributed by atoms with Crippen molar-refractivity contribution in [3.63, 3.8) is 0 Å². The van der Waals surface area contributed by atoms with E-state index in [0.717, 1.165) is 0 Å². The van der Waals surface area contributed by atoms with Gasteiger partial charge in [0.25, 0.3) is 5.09 Å². The Morgan fingerprint density at radius 3 is 1.43 bits per heavy atom. The molecule has 0 aliphatic rings. The van der Waals surface area contributed by atoms with Crippen LogP contribution in [-0.4, -0.2) is 114 Å². The Hall–Kier alpha value is 2.30. The summed E-state index contributed by atoms with van der Waals surface area (Å²) in [4.78, 5) is 8.36. The summed E-state index contributed by atoms with van der Waals surface area (Å²) in [5.74, 6) is 0. The van der Waals surface area contributed by atoms with E-state index < -0.39 is 5.09 Å². The molecule has 0 bridgehead atoms. The first-order chi connectivity index (χ1) is 1.73. The quantitative estimate of drug-likeness (QED) is 0.284. The van der Waals surface area contributed by atoms with Crippen molar-refractivity contribution in [1.29, 1.82) is 0 Å². The maximum atomic E-state index is 8.36. The predicted molar refractivity (Wildman–Crippen MR) is 29.5 cm³/mol. The van der Waals surface area contributed by atoms with Crippen LogP contribution < -0.4 is 0 Å². The second kappa shape index (κ2) is 15.7. The molecule has 0 spiro atoms. The molecule has 0 amide bonds. The van der Waals surface area contributed by atoms with Crippen LogP contribution in [0.2, 0.25) is 0 Å². The van der Waals surface area contributed by atoms with Crippen molar-refractivity contribution in [3.8, 4) is 0 Å². The van der Waals surface area contributed by atoms with Crippen LogP contribution in [0, 0.1) is 10.1 Å². The monoisotopic (exact) mass is 361 g/mol. The van der Waals surface area contributed by atoms with E-state index in [-0.39, 0.29) is 103 Å². The second-order valence-corrected chi connectivity index (χ2v) is 0.238. The van der Waals surface area contributed by atoms with E-state index in [2.05, 4.69) is 0 Å². The van der Waals surface area contributed by atoms with Gasteiger partial charge in [0, 0.05) is 0 Å². The molecule has 0 saturated heterocycles. The van der Waals surface area contributed by atoms with Gasteiger partial charge in [0.15, 0.2) is 0 Å². The first-order valence-electron chi connectivity index (χ1n) is 0.565. The van der Waals surface area contributed by atoms with Crippen molar-refractivity contribution in [2.24, 2.45) is 0 Å². The van der Waals surface area contributed by atoms with Crippen LogP contribution in [-0.2, 0) is 0 Å². The Bertz CT molecular complexity index is 32.7. The maximum absolute atomic E-state index is 8.36. The zero-order chi connectivity index (χ0) is 3.58. The first-order valence-corrected chi connectivity index (χ1v) is 0.565. The van der Waals surface area contributed by atoms with Gasteiger partial charge in [0.2, 0.25) is 0 Å². The van der Waals surface area contributed by atoms with Gasteiger partial charge in [-0.05, 0) is 0 Å². The normalized spacial score (nSPS) is 3.43. The Kier molecular flexibility index (Phi) is 51.3. The molecule has 7 heteroatoms. The molecule has 0 aliphatic carbocycles. The molecule has 0 heterocycles. The van der Waals surface area contributed by atoms with E-state index in [9.17, 15) is 0 Å². The topological polar surface area (TPSA) is 94.9 Å². The minimum atomic E-state index is -1.50. The molecule has 0 aromatic rings. The number of nitrogens with zero attached hydrogens (tertiary/aromatic N) is 1. The molecular formula is H7Ba2NO4. The molecule has 40 valence electrons. The third-order valence-electron chi connectivity index (χ3n) is 0. The summed E-state index contributed by atoms with van der Waals surface area (Å²) in [6.45, 7) is 0. The molecule has 0 aliphatic heterocycles. The van der Waals surface area contributed by atoms with E-state index in [1.165, 1.54) is 0 Å². The van der Waals surface area contributed by atoms with Gasteiger partial charge >= 0.3 is 97.8 Å². The Labute approximate surface area is 120 Å². The molecule has 0 radical (unpaired) electrons. The van der Waals surface area contributed by atoms with Gasteiger partial charge in [-0.15, -0.1) is 10.1 Å². The molecule has 0 unspecified atom stereocenters. The predicted octanol–water partition coefficient (Wildman–Crippen LogP) is -3.00. The summed E-state index contributed by atoms with van der Waals surface area (Å²) >= 11 is 0. The van der Waals surface area contributed by atoms with Crippen molar-refractivity contribution >= 4 is 97.8 Å². The van der Waals surface area contributed by atoms with Gasteiger partial charge in [-0.25, -0.2) is 0 Å². The van der Waals surface area contributed by atoms with Gasteiger partial charge in [-0.3, -0.25) is 0 Å². The molecular weight excluding hydrogens is 353 g/mol. The van der Waals surface area contributed by atoms with Crippen LogP contribution in [0.5, 0.6) is 0 Å². The van der Waals surface area contributed by atoms with Crippen molar-refractivity contribution in [2.45, 2.75) is 0 Å². The van der Waals surface area contributed by atoms with Crippen molar-refractivity contribution in [3.05, 3.63) is 10.1 Å². The fourth-order valence-corrected chi connectivity index (χ4v) is 0. The Morgan fingerprint density at radius 2 is 1.43 bits per heavy atom. The van der Waals surface area contributed by atoms with E-state index in [1.807, 2.05) is 0 Å². The van der Waals surface area contributed by atoms with Crippen LogP contribution in [0.3, 0.4) is 0 Å². The average molecular weight is 360 g/mol. The molecule has 5 nitrogen and oxygen atoms in total. The Morgan fingerprint density at radius 1 is 1.43 bits per heavy atom. The van der Waals surface area contributed by atoms with Crippen LogP contribution in [0.1, 0.15) is 0 Å². The molecule has 0 aromatic carbocycles. The van der Waals surface area contributed by atoms with Crippen molar-refractivity contribution < 1.29 is 15.8 Å². The standard InChI is InChI=1S/2Ba.HNO3.H2O.4H/c;;2-1(3)4;;;;;/h;;(H,2,3,4);1H2;;;;.